The van der Waals surface area contributed by atoms with E-state index in [0.717, 1.165) is 12.8 Å². The van der Waals surface area contributed by atoms with Crippen molar-refractivity contribution in [2.75, 3.05) is 7.11 Å². The topological polar surface area (TPSA) is 81.8 Å². The molecule has 1 unspecified atom stereocenters. The summed E-state index contributed by atoms with van der Waals surface area (Å²) in [7, 11) is 3.04. The summed E-state index contributed by atoms with van der Waals surface area (Å²) >= 11 is 0. The number of furan rings is 1. The lowest BCUT2D eigenvalue weighted by molar-refractivity contribution is -0.134. The summed E-state index contributed by atoms with van der Waals surface area (Å²) in [5.74, 6) is -0.103. The van der Waals surface area contributed by atoms with Crippen LogP contribution in [-0.2, 0) is 23.1 Å². The standard InChI is InChI=1S/C21H26N2O5/c1-12-17(13(2)22(4)18(12)21(26)27-5)19(24)14(3)23(20(25)15-8-9-15)11-16-7-6-10-28-16/h6-7,10,14-15H,8-9,11H2,1-5H3. The minimum absolute atomic E-state index is 0.0196. The van der Waals surface area contributed by atoms with Crippen molar-refractivity contribution >= 4 is 17.7 Å². The van der Waals surface area contributed by atoms with E-state index in [2.05, 4.69) is 0 Å². The maximum Gasteiger partial charge on any atom is 0.354 e. The molecule has 7 nitrogen and oxygen atoms in total. The van der Waals surface area contributed by atoms with Gasteiger partial charge in [0.25, 0.3) is 0 Å². The first kappa shape index (κ1) is 19.9. The van der Waals surface area contributed by atoms with Gasteiger partial charge in [-0.3, -0.25) is 9.59 Å². The Balaban J connectivity index is 1.95. The Labute approximate surface area is 164 Å². The number of aromatic nitrogens is 1. The molecule has 150 valence electrons. The first-order valence-electron chi connectivity index (χ1n) is 9.39. The molecule has 0 aliphatic heterocycles. The summed E-state index contributed by atoms with van der Waals surface area (Å²) in [5, 5.41) is 0. The van der Waals surface area contributed by atoms with Crippen molar-refractivity contribution < 1.29 is 23.5 Å². The molecule has 7 heteroatoms. The van der Waals surface area contributed by atoms with Crippen LogP contribution in [0, 0.1) is 19.8 Å². The van der Waals surface area contributed by atoms with Gasteiger partial charge in [-0.2, -0.15) is 0 Å². The SMILES string of the molecule is COC(=O)c1c(C)c(C(=O)C(C)N(Cc2ccco2)C(=O)C2CC2)c(C)n1C. The third-order valence-corrected chi connectivity index (χ3v) is 5.52. The third kappa shape index (κ3) is 3.48. The van der Waals surface area contributed by atoms with Crippen LogP contribution in [0.5, 0.6) is 0 Å². The summed E-state index contributed by atoms with van der Waals surface area (Å²) in [6.45, 7) is 5.50. The van der Waals surface area contributed by atoms with E-state index < -0.39 is 12.0 Å². The van der Waals surface area contributed by atoms with Gasteiger partial charge in [0.05, 0.1) is 26.0 Å². The molecule has 0 spiro atoms. The molecule has 0 saturated heterocycles. The van der Waals surface area contributed by atoms with Gasteiger partial charge in [-0.25, -0.2) is 4.79 Å². The molecule has 2 aromatic heterocycles. The van der Waals surface area contributed by atoms with E-state index in [1.54, 1.807) is 55.7 Å². The molecule has 3 rings (SSSR count). The van der Waals surface area contributed by atoms with E-state index in [1.165, 1.54) is 7.11 Å². The van der Waals surface area contributed by atoms with E-state index in [9.17, 15) is 14.4 Å². The first-order chi connectivity index (χ1) is 13.3. The highest BCUT2D eigenvalue weighted by Gasteiger charge is 2.39. The predicted octanol–water partition coefficient (Wildman–Crippen LogP) is 3.03. The van der Waals surface area contributed by atoms with Crippen LogP contribution in [0.1, 0.15) is 57.6 Å². The Morgan fingerprint density at radius 1 is 1.32 bits per heavy atom. The quantitative estimate of drug-likeness (QED) is 0.540. The number of ether oxygens (including phenoxy) is 1. The lowest BCUT2D eigenvalue weighted by Crippen LogP contribution is -2.43. The molecule has 0 radical (unpaired) electrons. The second-order valence-corrected chi connectivity index (χ2v) is 7.34. The molecule has 1 amide bonds. The van der Waals surface area contributed by atoms with Crippen LogP contribution in [-0.4, -0.2) is 40.3 Å². The Bertz CT molecular complexity index is 906. The van der Waals surface area contributed by atoms with Gasteiger partial charge in [-0.15, -0.1) is 0 Å². The number of Topliss-reactive ketones (excluding diaryl/α,β-unsaturated/α-hetero) is 1. The first-order valence-corrected chi connectivity index (χ1v) is 9.39. The zero-order valence-electron chi connectivity index (χ0n) is 16.9. The van der Waals surface area contributed by atoms with Crippen LogP contribution in [0.3, 0.4) is 0 Å². The molecule has 28 heavy (non-hydrogen) atoms. The molecule has 0 bridgehead atoms. The lowest BCUT2D eigenvalue weighted by atomic mass is 9.99. The van der Waals surface area contributed by atoms with Crippen LogP contribution in [0.25, 0.3) is 0 Å². The van der Waals surface area contributed by atoms with Gasteiger partial charge in [-0.05, 0) is 51.3 Å². The van der Waals surface area contributed by atoms with Crippen molar-refractivity contribution in [1.82, 2.24) is 9.47 Å². The van der Waals surface area contributed by atoms with Gasteiger partial charge >= 0.3 is 5.97 Å². The van der Waals surface area contributed by atoms with E-state index in [4.69, 9.17) is 9.15 Å². The molecule has 0 N–H and O–H groups in total. The second kappa shape index (κ2) is 7.66. The largest absolute Gasteiger partial charge is 0.467 e. The number of carbonyl (C=O) groups is 3. The maximum absolute atomic E-state index is 13.4. The van der Waals surface area contributed by atoms with E-state index in [1.807, 2.05) is 0 Å². The Kier molecular flexibility index (Phi) is 5.45. The van der Waals surface area contributed by atoms with Crippen molar-refractivity contribution in [2.45, 2.75) is 46.2 Å². The zero-order chi connectivity index (χ0) is 20.6. The summed E-state index contributed by atoms with van der Waals surface area (Å²) in [6.07, 6.45) is 3.25. The van der Waals surface area contributed by atoms with Gasteiger partial charge in [0.15, 0.2) is 5.78 Å². The van der Waals surface area contributed by atoms with Crippen molar-refractivity contribution in [3.63, 3.8) is 0 Å². The molecule has 1 aliphatic carbocycles. The monoisotopic (exact) mass is 386 g/mol. The van der Waals surface area contributed by atoms with Crippen LogP contribution in [0.15, 0.2) is 22.8 Å². The van der Waals surface area contributed by atoms with Crippen LogP contribution >= 0.6 is 0 Å². The van der Waals surface area contributed by atoms with Crippen LogP contribution < -0.4 is 0 Å². The molecule has 1 aliphatic rings. The van der Waals surface area contributed by atoms with E-state index in [0.29, 0.717) is 28.3 Å². The van der Waals surface area contributed by atoms with E-state index in [-0.39, 0.29) is 24.2 Å². The fourth-order valence-electron chi connectivity index (χ4n) is 3.62. The highest BCUT2D eigenvalue weighted by Crippen LogP contribution is 2.33. The summed E-state index contributed by atoms with van der Waals surface area (Å²) in [5.41, 5.74) is 2.05. The van der Waals surface area contributed by atoms with E-state index >= 15 is 0 Å². The molecule has 0 aromatic carbocycles. The van der Waals surface area contributed by atoms with Gasteiger partial charge < -0.3 is 18.6 Å². The number of hydrogen-bond donors (Lipinski definition) is 0. The number of hydrogen-bond acceptors (Lipinski definition) is 5. The second-order valence-electron chi connectivity index (χ2n) is 7.34. The van der Waals surface area contributed by atoms with Crippen molar-refractivity contribution in [3.8, 4) is 0 Å². The fourth-order valence-corrected chi connectivity index (χ4v) is 3.62. The molecule has 1 saturated carbocycles. The van der Waals surface area contributed by atoms with Crippen LogP contribution in [0.2, 0.25) is 0 Å². The average molecular weight is 386 g/mol. The normalized spacial score (nSPS) is 14.6. The number of ketones is 1. The Hall–Kier alpha value is -2.83. The van der Waals surface area contributed by atoms with Gasteiger partial charge in [0.2, 0.25) is 5.91 Å². The summed E-state index contributed by atoms with van der Waals surface area (Å²) < 4.78 is 11.9. The summed E-state index contributed by atoms with van der Waals surface area (Å²) in [4.78, 5) is 40.0. The minimum atomic E-state index is -0.677. The molecule has 1 atom stereocenters. The maximum atomic E-state index is 13.4. The fraction of sp³-hybridized carbons (Fsp3) is 0.476. The average Bonchev–Trinajstić information content (AvgIpc) is 3.35. The zero-order valence-corrected chi connectivity index (χ0v) is 16.9. The molecular formula is C21H26N2O5. The molecule has 1 fully saturated rings. The van der Waals surface area contributed by atoms with Gasteiger partial charge in [0, 0.05) is 24.2 Å². The summed E-state index contributed by atoms with van der Waals surface area (Å²) in [6, 6.07) is 2.87. The van der Waals surface area contributed by atoms with Crippen molar-refractivity contribution in [1.29, 1.82) is 0 Å². The Morgan fingerprint density at radius 3 is 2.54 bits per heavy atom. The predicted molar refractivity (Wildman–Crippen MR) is 102 cm³/mol. The number of nitrogens with zero attached hydrogens (tertiary/aromatic N) is 2. The highest BCUT2D eigenvalue weighted by molar-refractivity contribution is 6.06. The third-order valence-electron chi connectivity index (χ3n) is 5.52. The number of carbonyl (C=O) groups excluding carboxylic acids is 3. The number of esters is 1. The Morgan fingerprint density at radius 2 is 2.00 bits per heavy atom. The molecule has 2 heterocycles. The number of methoxy groups -OCH3 is 1. The van der Waals surface area contributed by atoms with Crippen LogP contribution in [0.4, 0.5) is 0 Å². The molecular weight excluding hydrogens is 360 g/mol. The van der Waals surface area contributed by atoms with Gasteiger partial charge in [0.1, 0.15) is 11.5 Å². The van der Waals surface area contributed by atoms with Crippen molar-refractivity contribution in [3.05, 3.63) is 46.7 Å². The number of rotatable bonds is 7. The van der Waals surface area contributed by atoms with Crippen molar-refractivity contribution in [2.24, 2.45) is 13.0 Å². The lowest BCUT2D eigenvalue weighted by Gasteiger charge is -2.28. The minimum Gasteiger partial charge on any atom is -0.467 e. The van der Waals surface area contributed by atoms with Gasteiger partial charge in [-0.1, -0.05) is 0 Å². The molecule has 2 aromatic rings. The number of amides is 1. The highest BCUT2D eigenvalue weighted by atomic mass is 16.5. The smallest absolute Gasteiger partial charge is 0.354 e.